The fraction of sp³-hybridized carbons (Fsp3) is 0.818. The summed E-state index contributed by atoms with van der Waals surface area (Å²) in [5, 5.41) is 11.7. The highest BCUT2D eigenvalue weighted by molar-refractivity contribution is 5.80. The van der Waals surface area contributed by atoms with Crippen LogP contribution < -0.4 is 5.32 Å². The molecule has 0 radical (unpaired) electrons. The lowest BCUT2D eigenvalue weighted by molar-refractivity contribution is -0.142. The number of amides is 1. The highest BCUT2D eigenvalue weighted by Crippen LogP contribution is 2.24. The first-order valence-electron chi connectivity index (χ1n) is 5.60. The van der Waals surface area contributed by atoms with Crippen molar-refractivity contribution in [2.24, 2.45) is 5.92 Å². The zero-order valence-corrected chi connectivity index (χ0v) is 9.73. The van der Waals surface area contributed by atoms with Crippen LogP contribution in [-0.2, 0) is 14.3 Å². The lowest BCUT2D eigenvalue weighted by Gasteiger charge is -2.27. The lowest BCUT2D eigenvalue weighted by atomic mass is 9.86. The van der Waals surface area contributed by atoms with E-state index in [0.717, 1.165) is 12.8 Å². The standard InChI is InChI=1S/C11H19NO4/c1-7(16-2)10(13)12-9-5-3-8(4-6-9)11(14)15/h7-9H,3-6H2,1-2H3,(H,12,13)(H,14,15). The van der Waals surface area contributed by atoms with E-state index in [-0.39, 0.29) is 17.9 Å². The van der Waals surface area contributed by atoms with Gasteiger partial charge >= 0.3 is 5.97 Å². The number of hydrogen-bond donors (Lipinski definition) is 2. The highest BCUT2D eigenvalue weighted by atomic mass is 16.5. The van der Waals surface area contributed by atoms with Gasteiger partial charge in [0.2, 0.25) is 5.91 Å². The van der Waals surface area contributed by atoms with Crippen LogP contribution in [0.2, 0.25) is 0 Å². The zero-order valence-electron chi connectivity index (χ0n) is 9.73. The number of rotatable bonds is 4. The quantitative estimate of drug-likeness (QED) is 0.747. The first-order chi connectivity index (χ1) is 7.54. The Hall–Kier alpha value is -1.10. The molecule has 5 nitrogen and oxygen atoms in total. The molecule has 1 aliphatic carbocycles. The molecule has 1 unspecified atom stereocenters. The van der Waals surface area contributed by atoms with Crippen molar-refractivity contribution in [3.05, 3.63) is 0 Å². The van der Waals surface area contributed by atoms with E-state index in [1.807, 2.05) is 0 Å². The average molecular weight is 229 g/mol. The Morgan fingerprint density at radius 1 is 1.31 bits per heavy atom. The molecular weight excluding hydrogens is 210 g/mol. The molecule has 0 aliphatic heterocycles. The number of hydrogen-bond acceptors (Lipinski definition) is 3. The fourth-order valence-corrected chi connectivity index (χ4v) is 1.91. The molecule has 1 amide bonds. The lowest BCUT2D eigenvalue weighted by Crippen LogP contribution is -2.43. The largest absolute Gasteiger partial charge is 0.481 e. The molecule has 0 aromatic rings. The molecule has 2 N–H and O–H groups in total. The molecule has 0 saturated heterocycles. The van der Waals surface area contributed by atoms with Crippen molar-refractivity contribution in [1.82, 2.24) is 5.32 Å². The minimum Gasteiger partial charge on any atom is -0.481 e. The van der Waals surface area contributed by atoms with Gasteiger partial charge in [0.25, 0.3) is 0 Å². The van der Waals surface area contributed by atoms with Crippen LogP contribution in [0.4, 0.5) is 0 Å². The summed E-state index contributed by atoms with van der Waals surface area (Å²) in [6.45, 7) is 1.69. The third-order valence-corrected chi connectivity index (χ3v) is 3.15. The van der Waals surface area contributed by atoms with Gasteiger partial charge in [-0.3, -0.25) is 9.59 Å². The zero-order chi connectivity index (χ0) is 12.1. The van der Waals surface area contributed by atoms with Crippen LogP contribution in [0.3, 0.4) is 0 Å². The molecule has 0 heterocycles. The first-order valence-corrected chi connectivity index (χ1v) is 5.60. The van der Waals surface area contributed by atoms with E-state index in [4.69, 9.17) is 9.84 Å². The van der Waals surface area contributed by atoms with E-state index >= 15 is 0 Å². The molecule has 1 atom stereocenters. The Labute approximate surface area is 95.2 Å². The van der Waals surface area contributed by atoms with Crippen molar-refractivity contribution in [1.29, 1.82) is 0 Å². The topological polar surface area (TPSA) is 75.6 Å². The van der Waals surface area contributed by atoms with Crippen molar-refractivity contribution in [3.63, 3.8) is 0 Å². The van der Waals surface area contributed by atoms with E-state index in [1.165, 1.54) is 7.11 Å². The molecule has 0 spiro atoms. The number of carboxylic acid groups (broad SMARTS) is 1. The number of carbonyl (C=O) groups is 2. The number of aliphatic carboxylic acids is 1. The maximum absolute atomic E-state index is 11.5. The summed E-state index contributed by atoms with van der Waals surface area (Å²) in [5.74, 6) is -1.09. The summed E-state index contributed by atoms with van der Waals surface area (Å²) in [5.41, 5.74) is 0. The molecule has 92 valence electrons. The maximum Gasteiger partial charge on any atom is 0.306 e. The minimum atomic E-state index is -0.727. The molecule has 1 saturated carbocycles. The normalized spacial score (nSPS) is 27.1. The van der Waals surface area contributed by atoms with Gasteiger partial charge in [0.1, 0.15) is 6.10 Å². The summed E-state index contributed by atoms with van der Waals surface area (Å²) in [7, 11) is 1.49. The van der Waals surface area contributed by atoms with Crippen molar-refractivity contribution in [2.75, 3.05) is 7.11 Å². The monoisotopic (exact) mass is 229 g/mol. The van der Waals surface area contributed by atoms with Crippen LogP contribution >= 0.6 is 0 Å². The molecule has 1 fully saturated rings. The number of methoxy groups -OCH3 is 1. The number of ether oxygens (including phenoxy) is 1. The summed E-state index contributed by atoms with van der Waals surface area (Å²) >= 11 is 0. The highest BCUT2D eigenvalue weighted by Gasteiger charge is 2.27. The van der Waals surface area contributed by atoms with Crippen molar-refractivity contribution in [3.8, 4) is 0 Å². The third-order valence-electron chi connectivity index (χ3n) is 3.15. The molecule has 16 heavy (non-hydrogen) atoms. The predicted molar refractivity (Wildman–Crippen MR) is 58.0 cm³/mol. The van der Waals surface area contributed by atoms with Crippen LogP contribution in [0.1, 0.15) is 32.6 Å². The molecule has 0 aromatic heterocycles. The Balaban J connectivity index is 2.32. The van der Waals surface area contributed by atoms with Crippen LogP contribution in [0.25, 0.3) is 0 Å². The minimum absolute atomic E-state index is 0.0979. The van der Waals surface area contributed by atoms with E-state index in [2.05, 4.69) is 5.32 Å². The van der Waals surface area contributed by atoms with Crippen molar-refractivity contribution in [2.45, 2.75) is 44.8 Å². The van der Waals surface area contributed by atoms with E-state index in [1.54, 1.807) is 6.92 Å². The SMILES string of the molecule is COC(C)C(=O)NC1CCC(C(=O)O)CC1. The second-order valence-electron chi connectivity index (χ2n) is 4.27. The Kier molecular flexibility index (Phi) is 4.73. The first kappa shape index (κ1) is 13.0. The molecular formula is C11H19NO4. The fourth-order valence-electron chi connectivity index (χ4n) is 1.91. The van der Waals surface area contributed by atoms with Crippen LogP contribution in [0.15, 0.2) is 0 Å². The Bertz CT molecular complexity index is 259. The molecule has 0 aromatic carbocycles. The van der Waals surface area contributed by atoms with E-state index in [0.29, 0.717) is 12.8 Å². The summed E-state index contributed by atoms with van der Waals surface area (Å²) < 4.78 is 4.91. The van der Waals surface area contributed by atoms with Gasteiger partial charge in [0.05, 0.1) is 5.92 Å². The average Bonchev–Trinajstić information content (AvgIpc) is 2.28. The third kappa shape index (κ3) is 3.48. The Morgan fingerprint density at radius 3 is 2.31 bits per heavy atom. The Morgan fingerprint density at radius 2 is 1.88 bits per heavy atom. The molecule has 1 rings (SSSR count). The van der Waals surface area contributed by atoms with Gasteiger partial charge in [-0.25, -0.2) is 0 Å². The maximum atomic E-state index is 11.5. The summed E-state index contributed by atoms with van der Waals surface area (Å²) in [4.78, 5) is 22.2. The second kappa shape index (κ2) is 5.84. The molecule has 5 heteroatoms. The number of nitrogens with one attached hydrogen (secondary N) is 1. The van der Waals surface area contributed by atoms with Gasteiger partial charge in [-0.15, -0.1) is 0 Å². The van der Waals surface area contributed by atoms with Gasteiger partial charge in [0.15, 0.2) is 0 Å². The van der Waals surface area contributed by atoms with Gasteiger partial charge in [-0.05, 0) is 32.6 Å². The van der Waals surface area contributed by atoms with E-state index in [9.17, 15) is 9.59 Å². The van der Waals surface area contributed by atoms with Crippen LogP contribution in [0, 0.1) is 5.92 Å². The summed E-state index contributed by atoms with van der Waals surface area (Å²) in [6, 6.07) is 0.0979. The smallest absolute Gasteiger partial charge is 0.306 e. The van der Waals surface area contributed by atoms with Gasteiger partial charge in [0, 0.05) is 13.2 Å². The van der Waals surface area contributed by atoms with Gasteiger partial charge in [-0.1, -0.05) is 0 Å². The molecule has 1 aliphatic rings. The number of carbonyl (C=O) groups excluding carboxylic acids is 1. The second-order valence-corrected chi connectivity index (χ2v) is 4.27. The summed E-state index contributed by atoms with van der Waals surface area (Å²) in [6.07, 6.45) is 2.30. The van der Waals surface area contributed by atoms with Crippen LogP contribution in [-0.4, -0.2) is 36.2 Å². The van der Waals surface area contributed by atoms with Crippen molar-refractivity contribution < 1.29 is 19.4 Å². The van der Waals surface area contributed by atoms with Gasteiger partial charge in [-0.2, -0.15) is 0 Å². The predicted octanol–water partition coefficient (Wildman–Crippen LogP) is 0.781. The number of carboxylic acids is 1. The van der Waals surface area contributed by atoms with Gasteiger partial charge < -0.3 is 15.2 Å². The van der Waals surface area contributed by atoms with Crippen molar-refractivity contribution >= 4 is 11.9 Å². The van der Waals surface area contributed by atoms with Crippen LogP contribution in [0.5, 0.6) is 0 Å². The molecule has 0 bridgehead atoms. The van der Waals surface area contributed by atoms with E-state index < -0.39 is 12.1 Å².